The minimum Gasteiger partial charge on any atom is -0.496 e. The summed E-state index contributed by atoms with van der Waals surface area (Å²) >= 11 is 0. The number of para-hydroxylation sites is 1. The van der Waals surface area contributed by atoms with Gasteiger partial charge in [0.05, 0.1) is 29.5 Å². The number of nitrogens with zero attached hydrogens (tertiary/aromatic N) is 2. The Labute approximate surface area is 222 Å². The molecule has 2 N–H and O–H groups in total. The lowest BCUT2D eigenvalue weighted by Gasteiger charge is -2.38. The summed E-state index contributed by atoms with van der Waals surface area (Å²) < 4.78 is 34.4. The first kappa shape index (κ1) is 25.7. The SMILES string of the molecule is COc1cc(NS(=O)(=O)c2cccc3cccnc23)ccc1C(=O)N1CCC(O)(Cc2ccccc2)CC1. The van der Waals surface area contributed by atoms with Crippen molar-refractivity contribution in [1.29, 1.82) is 0 Å². The summed E-state index contributed by atoms with van der Waals surface area (Å²) in [4.78, 5) is 19.3. The molecule has 0 spiro atoms. The highest BCUT2D eigenvalue weighted by Gasteiger charge is 2.35. The first-order valence-corrected chi connectivity index (χ1v) is 13.9. The minimum atomic E-state index is -3.95. The van der Waals surface area contributed by atoms with Crippen molar-refractivity contribution in [3.8, 4) is 5.75 Å². The van der Waals surface area contributed by atoms with Crippen molar-refractivity contribution in [3.05, 3.63) is 96.2 Å². The van der Waals surface area contributed by atoms with Gasteiger partial charge in [-0.25, -0.2) is 8.42 Å². The third kappa shape index (κ3) is 5.34. The fourth-order valence-electron chi connectivity index (χ4n) is 4.88. The Morgan fingerprint density at radius 2 is 1.76 bits per heavy atom. The molecule has 0 unspecified atom stereocenters. The van der Waals surface area contributed by atoms with E-state index in [-0.39, 0.29) is 22.2 Å². The monoisotopic (exact) mass is 531 g/mol. The first-order valence-electron chi connectivity index (χ1n) is 12.4. The van der Waals surface area contributed by atoms with Gasteiger partial charge in [-0.1, -0.05) is 48.5 Å². The molecule has 9 heteroatoms. The van der Waals surface area contributed by atoms with Gasteiger partial charge < -0.3 is 14.7 Å². The topological polar surface area (TPSA) is 109 Å². The Balaban J connectivity index is 1.31. The molecule has 0 bridgehead atoms. The van der Waals surface area contributed by atoms with Gasteiger partial charge in [0.25, 0.3) is 15.9 Å². The zero-order chi connectivity index (χ0) is 26.8. The number of piperidine rings is 1. The molecule has 0 saturated carbocycles. The molecular weight excluding hydrogens is 502 g/mol. The molecule has 1 aromatic heterocycles. The Morgan fingerprint density at radius 3 is 2.50 bits per heavy atom. The number of hydrogen-bond donors (Lipinski definition) is 2. The van der Waals surface area contributed by atoms with Crippen LogP contribution in [0.4, 0.5) is 5.69 Å². The summed E-state index contributed by atoms with van der Waals surface area (Å²) in [5.41, 5.74) is 1.17. The van der Waals surface area contributed by atoms with Crippen molar-refractivity contribution in [2.45, 2.75) is 29.8 Å². The van der Waals surface area contributed by atoms with Crippen LogP contribution in [0.25, 0.3) is 10.9 Å². The van der Waals surface area contributed by atoms with Crippen molar-refractivity contribution in [2.24, 2.45) is 0 Å². The number of carbonyl (C=O) groups excluding carboxylic acids is 1. The van der Waals surface area contributed by atoms with Gasteiger partial charge in [-0.3, -0.25) is 14.5 Å². The van der Waals surface area contributed by atoms with Crippen LogP contribution in [0.3, 0.4) is 0 Å². The molecule has 5 rings (SSSR count). The number of anilines is 1. The number of benzene rings is 3. The van der Waals surface area contributed by atoms with Crippen LogP contribution < -0.4 is 9.46 Å². The van der Waals surface area contributed by atoms with Gasteiger partial charge >= 0.3 is 0 Å². The number of hydrogen-bond acceptors (Lipinski definition) is 6. The van der Waals surface area contributed by atoms with Crippen molar-refractivity contribution >= 4 is 32.5 Å². The maximum Gasteiger partial charge on any atom is 0.264 e. The van der Waals surface area contributed by atoms with Crippen LogP contribution in [-0.4, -0.2) is 55.1 Å². The third-order valence-electron chi connectivity index (χ3n) is 6.93. The van der Waals surface area contributed by atoms with Crippen molar-refractivity contribution in [1.82, 2.24) is 9.88 Å². The van der Waals surface area contributed by atoms with E-state index in [9.17, 15) is 18.3 Å². The zero-order valence-corrected chi connectivity index (χ0v) is 21.8. The number of rotatable bonds is 7. The number of aromatic nitrogens is 1. The maximum absolute atomic E-state index is 13.3. The lowest BCUT2D eigenvalue weighted by Crippen LogP contribution is -2.47. The zero-order valence-electron chi connectivity index (χ0n) is 21.0. The van der Waals surface area contributed by atoms with Gasteiger partial charge in [-0.15, -0.1) is 0 Å². The normalized spacial score (nSPS) is 15.3. The molecule has 8 nitrogen and oxygen atoms in total. The Bertz CT molecular complexity index is 1560. The van der Waals surface area contributed by atoms with Crippen LogP contribution in [0.5, 0.6) is 5.75 Å². The molecule has 0 aliphatic carbocycles. The number of amides is 1. The number of likely N-dealkylation sites (tertiary alicyclic amines) is 1. The van der Waals surface area contributed by atoms with E-state index < -0.39 is 15.6 Å². The Hall–Kier alpha value is -3.95. The molecule has 1 saturated heterocycles. The smallest absolute Gasteiger partial charge is 0.264 e. The van der Waals surface area contributed by atoms with E-state index in [1.807, 2.05) is 30.3 Å². The summed E-state index contributed by atoms with van der Waals surface area (Å²) in [5.74, 6) is 0.0348. The van der Waals surface area contributed by atoms with Crippen molar-refractivity contribution in [2.75, 3.05) is 24.9 Å². The lowest BCUT2D eigenvalue weighted by atomic mass is 9.85. The molecule has 3 aromatic carbocycles. The van der Waals surface area contributed by atoms with E-state index >= 15 is 0 Å². The Morgan fingerprint density at radius 1 is 1.03 bits per heavy atom. The van der Waals surface area contributed by atoms with Crippen LogP contribution in [0, 0.1) is 0 Å². The third-order valence-corrected chi connectivity index (χ3v) is 8.34. The van der Waals surface area contributed by atoms with Gasteiger partial charge in [0, 0.05) is 37.2 Å². The predicted octanol–water partition coefficient (Wildman–Crippen LogP) is 4.25. The fourth-order valence-corrected chi connectivity index (χ4v) is 6.11. The molecule has 0 radical (unpaired) electrons. The van der Waals surface area contributed by atoms with Crippen LogP contribution in [0.1, 0.15) is 28.8 Å². The standard InChI is InChI=1S/C29H29N3O5S/c1-37-25-19-23(31-38(35,36)26-11-5-9-22-10-6-16-30-27(22)26)12-13-24(25)28(33)32-17-14-29(34,15-18-32)20-21-7-3-2-4-8-21/h2-13,16,19,31,34H,14-15,17-18,20H2,1H3. The second-order valence-electron chi connectivity index (χ2n) is 9.53. The Kier molecular flexibility index (Phi) is 7.05. The molecule has 4 aromatic rings. The van der Waals surface area contributed by atoms with Crippen LogP contribution >= 0.6 is 0 Å². The molecule has 196 valence electrons. The number of nitrogens with one attached hydrogen (secondary N) is 1. The van der Waals surface area contributed by atoms with E-state index in [0.29, 0.717) is 48.8 Å². The molecule has 1 aliphatic heterocycles. The number of sulfonamides is 1. The van der Waals surface area contributed by atoms with Gasteiger partial charge in [-0.05, 0) is 42.7 Å². The first-order chi connectivity index (χ1) is 18.3. The van der Waals surface area contributed by atoms with Gasteiger partial charge in [0.2, 0.25) is 0 Å². The van der Waals surface area contributed by atoms with E-state index in [0.717, 1.165) is 5.56 Å². The highest BCUT2D eigenvalue weighted by molar-refractivity contribution is 7.93. The maximum atomic E-state index is 13.3. The quantitative estimate of drug-likeness (QED) is 0.369. The molecule has 1 aliphatic rings. The molecule has 1 amide bonds. The molecule has 2 heterocycles. The predicted molar refractivity (Wildman–Crippen MR) is 146 cm³/mol. The minimum absolute atomic E-state index is 0.0611. The second-order valence-corrected chi connectivity index (χ2v) is 11.2. The van der Waals surface area contributed by atoms with Gasteiger partial charge in [0.15, 0.2) is 0 Å². The van der Waals surface area contributed by atoms with Gasteiger partial charge in [-0.2, -0.15) is 0 Å². The number of aliphatic hydroxyl groups is 1. The van der Waals surface area contributed by atoms with Crippen LogP contribution in [0.15, 0.2) is 90.0 Å². The highest BCUT2D eigenvalue weighted by Crippen LogP contribution is 2.31. The summed E-state index contributed by atoms with van der Waals surface area (Å²) in [6.07, 6.45) is 3.02. The summed E-state index contributed by atoms with van der Waals surface area (Å²) in [5, 5.41) is 11.8. The average molecular weight is 532 g/mol. The number of methoxy groups -OCH3 is 1. The largest absolute Gasteiger partial charge is 0.496 e. The van der Waals surface area contributed by atoms with E-state index in [1.54, 1.807) is 47.5 Å². The number of ether oxygens (including phenoxy) is 1. The van der Waals surface area contributed by atoms with Gasteiger partial charge in [0.1, 0.15) is 10.6 Å². The summed E-state index contributed by atoms with van der Waals surface area (Å²) in [7, 11) is -2.51. The van der Waals surface area contributed by atoms with E-state index in [1.165, 1.54) is 19.2 Å². The fraction of sp³-hybridized carbons (Fsp3) is 0.241. The molecule has 38 heavy (non-hydrogen) atoms. The number of fused-ring (bicyclic) bond motifs is 1. The molecular formula is C29H29N3O5S. The van der Waals surface area contributed by atoms with Crippen molar-refractivity contribution < 1.29 is 23.1 Å². The average Bonchev–Trinajstić information content (AvgIpc) is 2.93. The summed E-state index contributed by atoms with van der Waals surface area (Å²) in [6, 6.07) is 23.0. The number of carbonyl (C=O) groups is 1. The van der Waals surface area contributed by atoms with Crippen molar-refractivity contribution in [3.63, 3.8) is 0 Å². The molecule has 0 atom stereocenters. The summed E-state index contributed by atoms with van der Waals surface area (Å²) in [6.45, 7) is 0.821. The lowest BCUT2D eigenvalue weighted by molar-refractivity contribution is -0.0162. The van der Waals surface area contributed by atoms with Crippen LogP contribution in [0.2, 0.25) is 0 Å². The van der Waals surface area contributed by atoms with E-state index in [4.69, 9.17) is 4.74 Å². The van der Waals surface area contributed by atoms with Crippen LogP contribution in [-0.2, 0) is 16.4 Å². The number of pyridine rings is 1. The van der Waals surface area contributed by atoms with E-state index in [2.05, 4.69) is 9.71 Å². The highest BCUT2D eigenvalue weighted by atomic mass is 32.2. The second kappa shape index (κ2) is 10.4. The molecule has 1 fully saturated rings.